The maximum atomic E-state index is 12.6. The first kappa shape index (κ1) is 16.8. The third-order valence-corrected chi connectivity index (χ3v) is 5.06. The van der Waals surface area contributed by atoms with Crippen LogP contribution < -0.4 is 5.32 Å². The van der Waals surface area contributed by atoms with Gasteiger partial charge in [-0.1, -0.05) is 26.0 Å². The highest BCUT2D eigenvalue weighted by molar-refractivity contribution is 7.85. The van der Waals surface area contributed by atoms with Gasteiger partial charge in [-0.15, -0.1) is 0 Å². The van der Waals surface area contributed by atoms with Crippen molar-refractivity contribution in [3.8, 4) is 0 Å². The molecule has 1 N–H and O–H groups in total. The van der Waals surface area contributed by atoms with E-state index in [1.54, 1.807) is 18.2 Å². The molecule has 0 spiro atoms. The molecule has 0 saturated heterocycles. The Labute approximate surface area is 122 Å². The minimum atomic E-state index is -1.40. The molecule has 0 fully saturated rings. The van der Waals surface area contributed by atoms with E-state index in [-0.39, 0.29) is 17.0 Å². The molecular formula is C14H22N2O3S. The lowest BCUT2D eigenvalue weighted by Crippen LogP contribution is -2.40. The highest BCUT2D eigenvalue weighted by atomic mass is 32.2. The number of nitrogens with zero attached hydrogens (tertiary/aromatic N) is 1. The van der Waals surface area contributed by atoms with Gasteiger partial charge in [-0.05, 0) is 32.4 Å². The first-order valence-electron chi connectivity index (χ1n) is 6.90. The zero-order chi connectivity index (χ0) is 15.1. The van der Waals surface area contributed by atoms with Crippen molar-refractivity contribution in [1.82, 2.24) is 5.32 Å². The van der Waals surface area contributed by atoms with Gasteiger partial charge in [0.1, 0.15) is 4.90 Å². The minimum absolute atomic E-state index is 0.0666. The molecule has 0 aromatic heterocycles. The van der Waals surface area contributed by atoms with E-state index in [9.17, 15) is 14.3 Å². The van der Waals surface area contributed by atoms with E-state index in [0.717, 1.165) is 19.4 Å². The highest BCUT2D eigenvalue weighted by Crippen LogP contribution is 2.25. The number of rotatable bonds is 8. The minimum Gasteiger partial charge on any atom is -0.313 e. The molecular weight excluding hydrogens is 276 g/mol. The van der Waals surface area contributed by atoms with Crippen molar-refractivity contribution < 1.29 is 9.13 Å². The molecule has 20 heavy (non-hydrogen) atoms. The van der Waals surface area contributed by atoms with Gasteiger partial charge in [0.15, 0.2) is 0 Å². The SMILES string of the molecule is CCCNC(CC)C(C)S(=O)c1ccccc1[N+](=O)[O-]. The highest BCUT2D eigenvalue weighted by Gasteiger charge is 2.27. The summed E-state index contributed by atoms with van der Waals surface area (Å²) in [5.74, 6) is 0. The van der Waals surface area contributed by atoms with E-state index < -0.39 is 15.7 Å². The van der Waals surface area contributed by atoms with Crippen LogP contribution in [-0.2, 0) is 10.8 Å². The fourth-order valence-corrected chi connectivity index (χ4v) is 3.65. The topological polar surface area (TPSA) is 72.2 Å². The van der Waals surface area contributed by atoms with Crippen LogP contribution in [0, 0.1) is 10.1 Å². The zero-order valence-electron chi connectivity index (χ0n) is 12.2. The summed E-state index contributed by atoms with van der Waals surface area (Å²) in [5.41, 5.74) is -0.0666. The second-order valence-corrected chi connectivity index (χ2v) is 6.47. The third-order valence-electron chi connectivity index (χ3n) is 3.28. The molecule has 1 aromatic rings. The summed E-state index contributed by atoms with van der Waals surface area (Å²) in [6, 6.07) is 6.36. The quantitative estimate of drug-likeness (QED) is 0.591. The zero-order valence-corrected chi connectivity index (χ0v) is 13.0. The van der Waals surface area contributed by atoms with Crippen LogP contribution in [0.25, 0.3) is 0 Å². The molecule has 0 heterocycles. The molecule has 112 valence electrons. The average Bonchev–Trinajstić information content (AvgIpc) is 2.46. The van der Waals surface area contributed by atoms with E-state index in [1.807, 2.05) is 13.8 Å². The molecule has 6 heteroatoms. The summed E-state index contributed by atoms with van der Waals surface area (Å²) < 4.78 is 12.6. The molecule has 0 aliphatic heterocycles. The van der Waals surface area contributed by atoms with Crippen molar-refractivity contribution in [2.24, 2.45) is 0 Å². The number of nitro groups is 1. The number of para-hydroxylation sites is 1. The van der Waals surface area contributed by atoms with Gasteiger partial charge in [0.25, 0.3) is 5.69 Å². The summed E-state index contributed by atoms with van der Waals surface area (Å²) in [5, 5.41) is 14.2. The second kappa shape index (κ2) is 8.11. The third kappa shape index (κ3) is 4.11. The summed E-state index contributed by atoms with van der Waals surface area (Å²) in [7, 11) is -1.40. The summed E-state index contributed by atoms with van der Waals surface area (Å²) in [6.45, 7) is 6.84. The molecule has 0 radical (unpaired) electrons. The van der Waals surface area contributed by atoms with E-state index in [2.05, 4.69) is 12.2 Å². The van der Waals surface area contributed by atoms with Crippen LogP contribution in [0.5, 0.6) is 0 Å². The van der Waals surface area contributed by atoms with Crippen LogP contribution in [0.4, 0.5) is 5.69 Å². The molecule has 3 atom stereocenters. The van der Waals surface area contributed by atoms with E-state index in [0.29, 0.717) is 4.90 Å². The number of nitro benzene ring substituents is 1. The molecule has 0 amide bonds. The van der Waals surface area contributed by atoms with Gasteiger partial charge in [0, 0.05) is 12.1 Å². The van der Waals surface area contributed by atoms with Crippen LogP contribution in [0.3, 0.4) is 0 Å². The Hall–Kier alpha value is -1.27. The maximum Gasteiger partial charge on any atom is 0.285 e. The Morgan fingerprint density at radius 3 is 2.55 bits per heavy atom. The largest absolute Gasteiger partial charge is 0.313 e. The molecule has 1 rings (SSSR count). The lowest BCUT2D eigenvalue weighted by atomic mass is 10.1. The monoisotopic (exact) mass is 298 g/mol. The average molecular weight is 298 g/mol. The van der Waals surface area contributed by atoms with Crippen LogP contribution in [-0.4, -0.2) is 27.0 Å². The molecule has 5 nitrogen and oxygen atoms in total. The van der Waals surface area contributed by atoms with E-state index >= 15 is 0 Å². The van der Waals surface area contributed by atoms with Crippen molar-refractivity contribution in [3.05, 3.63) is 34.4 Å². The van der Waals surface area contributed by atoms with Gasteiger partial charge in [-0.2, -0.15) is 0 Å². The molecule has 1 aromatic carbocycles. The summed E-state index contributed by atoms with van der Waals surface area (Å²) >= 11 is 0. The van der Waals surface area contributed by atoms with Crippen LogP contribution in [0.15, 0.2) is 29.2 Å². The van der Waals surface area contributed by atoms with Gasteiger partial charge < -0.3 is 5.32 Å². The van der Waals surface area contributed by atoms with E-state index in [4.69, 9.17) is 0 Å². The number of benzene rings is 1. The van der Waals surface area contributed by atoms with E-state index in [1.165, 1.54) is 6.07 Å². The smallest absolute Gasteiger partial charge is 0.285 e. The first-order valence-corrected chi connectivity index (χ1v) is 8.11. The number of hydrogen-bond acceptors (Lipinski definition) is 4. The molecule has 0 aliphatic carbocycles. The van der Waals surface area contributed by atoms with Gasteiger partial charge in [-0.25, -0.2) is 0 Å². The molecule has 0 bridgehead atoms. The van der Waals surface area contributed by atoms with Gasteiger partial charge in [-0.3, -0.25) is 14.3 Å². The predicted molar refractivity (Wildman–Crippen MR) is 81.3 cm³/mol. The Morgan fingerprint density at radius 2 is 2.00 bits per heavy atom. The van der Waals surface area contributed by atoms with Gasteiger partial charge in [0.05, 0.1) is 21.0 Å². The van der Waals surface area contributed by atoms with Crippen LogP contribution in [0.2, 0.25) is 0 Å². The Balaban J connectivity index is 2.96. The molecule has 0 saturated carbocycles. The van der Waals surface area contributed by atoms with Crippen LogP contribution in [0.1, 0.15) is 33.6 Å². The second-order valence-electron chi connectivity index (χ2n) is 4.70. The lowest BCUT2D eigenvalue weighted by molar-refractivity contribution is -0.387. The Bertz CT molecular complexity index is 479. The normalized spacial score (nSPS) is 15.6. The Morgan fingerprint density at radius 1 is 1.35 bits per heavy atom. The van der Waals surface area contributed by atoms with Crippen LogP contribution >= 0.6 is 0 Å². The Kier molecular flexibility index (Phi) is 6.81. The van der Waals surface area contributed by atoms with Gasteiger partial charge >= 0.3 is 0 Å². The maximum absolute atomic E-state index is 12.6. The van der Waals surface area contributed by atoms with Crippen molar-refractivity contribution in [1.29, 1.82) is 0 Å². The fraction of sp³-hybridized carbons (Fsp3) is 0.571. The summed E-state index contributed by atoms with van der Waals surface area (Å²) in [4.78, 5) is 10.9. The number of nitrogens with one attached hydrogen (secondary N) is 1. The van der Waals surface area contributed by atoms with Crippen molar-refractivity contribution in [3.63, 3.8) is 0 Å². The summed E-state index contributed by atoms with van der Waals surface area (Å²) in [6.07, 6.45) is 1.84. The predicted octanol–water partition coefficient (Wildman–Crippen LogP) is 2.87. The first-order chi connectivity index (χ1) is 9.52. The van der Waals surface area contributed by atoms with Gasteiger partial charge in [0.2, 0.25) is 0 Å². The van der Waals surface area contributed by atoms with Crippen molar-refractivity contribution in [2.75, 3.05) is 6.54 Å². The van der Waals surface area contributed by atoms with Crippen molar-refractivity contribution in [2.45, 2.75) is 49.8 Å². The lowest BCUT2D eigenvalue weighted by Gasteiger charge is -2.23. The number of hydrogen-bond donors (Lipinski definition) is 1. The standard InChI is InChI=1S/C14H22N2O3S/c1-4-10-15-12(5-2)11(3)20(19)14-9-7-6-8-13(14)16(17)18/h6-9,11-12,15H,4-5,10H2,1-3H3. The van der Waals surface area contributed by atoms with Crippen molar-refractivity contribution >= 4 is 16.5 Å². The molecule has 3 unspecified atom stereocenters. The fourth-order valence-electron chi connectivity index (χ4n) is 2.10. The molecule has 0 aliphatic rings.